The van der Waals surface area contributed by atoms with Crippen LogP contribution in [0.5, 0.6) is 0 Å². The molecule has 1 aromatic rings. The van der Waals surface area contributed by atoms with Gasteiger partial charge in [0.05, 0.1) is 5.56 Å². The van der Waals surface area contributed by atoms with Gasteiger partial charge in [-0.3, -0.25) is 4.79 Å². The zero-order chi connectivity index (χ0) is 14.4. The molecule has 20 heavy (non-hydrogen) atoms. The molecule has 0 aliphatic carbocycles. The van der Waals surface area contributed by atoms with Crippen molar-refractivity contribution >= 4 is 11.7 Å². The highest BCUT2D eigenvalue weighted by Crippen LogP contribution is 2.23. The monoisotopic (exact) mass is 277 g/mol. The van der Waals surface area contributed by atoms with Crippen LogP contribution in [0.2, 0.25) is 0 Å². The number of piperidine rings is 1. The number of aliphatic hydroxyl groups excluding tert-OH is 1. The molecule has 1 aromatic heterocycles. The first kappa shape index (κ1) is 14.8. The highest BCUT2D eigenvalue weighted by molar-refractivity contribution is 5.98. The van der Waals surface area contributed by atoms with Gasteiger partial charge in [-0.05, 0) is 44.7 Å². The molecule has 1 aliphatic rings. The second-order valence-electron chi connectivity index (χ2n) is 5.09. The van der Waals surface area contributed by atoms with Crippen LogP contribution in [0.15, 0.2) is 18.3 Å². The first-order chi connectivity index (χ1) is 9.77. The molecule has 0 aromatic carbocycles. The fraction of sp³-hybridized carbons (Fsp3) is 0.600. The molecule has 110 valence electrons. The molecule has 1 unspecified atom stereocenters. The molecule has 1 aliphatic heterocycles. The largest absolute Gasteiger partial charge is 0.396 e. The molecule has 5 heteroatoms. The van der Waals surface area contributed by atoms with Gasteiger partial charge in [0, 0.05) is 31.9 Å². The number of anilines is 1. The second-order valence-corrected chi connectivity index (χ2v) is 5.09. The molecule has 1 saturated heterocycles. The third kappa shape index (κ3) is 3.28. The fourth-order valence-electron chi connectivity index (χ4n) is 2.76. The van der Waals surface area contributed by atoms with Crippen molar-refractivity contribution in [1.82, 2.24) is 9.88 Å². The van der Waals surface area contributed by atoms with E-state index in [0.29, 0.717) is 17.8 Å². The Morgan fingerprint density at radius 3 is 3.15 bits per heavy atom. The molecule has 2 heterocycles. The molecule has 2 rings (SSSR count). The van der Waals surface area contributed by atoms with E-state index < -0.39 is 0 Å². The smallest absolute Gasteiger partial charge is 0.257 e. The number of hydrogen-bond donors (Lipinski definition) is 2. The van der Waals surface area contributed by atoms with Crippen molar-refractivity contribution < 1.29 is 9.90 Å². The van der Waals surface area contributed by atoms with Gasteiger partial charge < -0.3 is 15.3 Å². The number of hydrogen-bond acceptors (Lipinski definition) is 4. The Morgan fingerprint density at radius 1 is 1.55 bits per heavy atom. The molecule has 0 bridgehead atoms. The Labute approximate surface area is 120 Å². The summed E-state index contributed by atoms with van der Waals surface area (Å²) in [5, 5.41) is 12.3. The summed E-state index contributed by atoms with van der Waals surface area (Å²) in [4.78, 5) is 18.9. The summed E-state index contributed by atoms with van der Waals surface area (Å²) < 4.78 is 0. The van der Waals surface area contributed by atoms with E-state index in [-0.39, 0.29) is 18.6 Å². The van der Waals surface area contributed by atoms with E-state index in [2.05, 4.69) is 10.3 Å². The van der Waals surface area contributed by atoms with E-state index in [1.807, 2.05) is 17.9 Å². The maximum absolute atomic E-state index is 12.7. The van der Waals surface area contributed by atoms with Gasteiger partial charge in [0.25, 0.3) is 5.91 Å². The van der Waals surface area contributed by atoms with Crippen LogP contribution in [-0.4, -0.2) is 46.6 Å². The molecular weight excluding hydrogens is 254 g/mol. The molecule has 5 nitrogen and oxygen atoms in total. The third-order valence-corrected chi connectivity index (χ3v) is 3.73. The minimum atomic E-state index is 0.0206. The normalized spacial score (nSPS) is 18.9. The number of aromatic nitrogens is 1. The Kier molecular flexibility index (Phi) is 5.35. The van der Waals surface area contributed by atoms with Gasteiger partial charge in [0.1, 0.15) is 5.82 Å². The second kappa shape index (κ2) is 7.24. The van der Waals surface area contributed by atoms with Gasteiger partial charge in [-0.1, -0.05) is 0 Å². The van der Waals surface area contributed by atoms with Crippen molar-refractivity contribution in [3.63, 3.8) is 0 Å². The summed E-state index contributed by atoms with van der Waals surface area (Å²) in [7, 11) is 0. The van der Waals surface area contributed by atoms with Crippen molar-refractivity contribution in [1.29, 1.82) is 0 Å². The first-order valence-electron chi connectivity index (χ1n) is 7.38. The lowest BCUT2D eigenvalue weighted by atomic mass is 9.98. The van der Waals surface area contributed by atoms with Crippen molar-refractivity contribution in [3.8, 4) is 0 Å². The van der Waals surface area contributed by atoms with E-state index in [4.69, 9.17) is 5.11 Å². The number of nitrogens with zero attached hydrogens (tertiary/aromatic N) is 2. The number of aliphatic hydroxyl groups is 1. The van der Waals surface area contributed by atoms with Crippen LogP contribution < -0.4 is 5.32 Å². The third-order valence-electron chi connectivity index (χ3n) is 3.73. The Bertz CT molecular complexity index is 448. The zero-order valence-corrected chi connectivity index (χ0v) is 12.0. The summed E-state index contributed by atoms with van der Waals surface area (Å²) in [5.74, 6) is 0.667. The fourth-order valence-corrected chi connectivity index (χ4v) is 2.76. The summed E-state index contributed by atoms with van der Waals surface area (Å²) in [6.45, 7) is 3.61. The number of likely N-dealkylation sites (tertiary alicyclic amines) is 1. The molecule has 0 saturated carbocycles. The van der Waals surface area contributed by atoms with Crippen LogP contribution >= 0.6 is 0 Å². The molecule has 1 fully saturated rings. The van der Waals surface area contributed by atoms with Crippen molar-refractivity contribution in [2.24, 2.45) is 0 Å². The molecule has 1 atom stereocenters. The quantitative estimate of drug-likeness (QED) is 0.862. The molecular formula is C15H23N3O2. The number of pyridine rings is 1. The number of carbonyl (C=O) groups is 1. The number of nitrogens with one attached hydrogen (secondary N) is 1. The minimum Gasteiger partial charge on any atom is -0.396 e. The summed E-state index contributed by atoms with van der Waals surface area (Å²) in [6.07, 6.45) is 5.48. The van der Waals surface area contributed by atoms with Crippen molar-refractivity contribution in [2.45, 2.75) is 38.6 Å². The van der Waals surface area contributed by atoms with Gasteiger partial charge in [0.15, 0.2) is 0 Å². The van der Waals surface area contributed by atoms with Crippen LogP contribution in [0.4, 0.5) is 5.82 Å². The SMILES string of the molecule is CCNc1ncccc1C(=O)N1CCCCC1CCO. The lowest BCUT2D eigenvalue weighted by Crippen LogP contribution is -2.44. The number of carbonyl (C=O) groups excluding carboxylic acids is 1. The van der Waals surface area contributed by atoms with Gasteiger partial charge >= 0.3 is 0 Å². The number of rotatable bonds is 5. The van der Waals surface area contributed by atoms with Crippen LogP contribution in [0.25, 0.3) is 0 Å². The molecule has 0 spiro atoms. The topological polar surface area (TPSA) is 65.5 Å². The molecule has 2 N–H and O–H groups in total. The predicted octanol–water partition coefficient (Wildman–Crippen LogP) is 1.89. The first-order valence-corrected chi connectivity index (χ1v) is 7.38. The average Bonchev–Trinajstić information content (AvgIpc) is 2.48. The minimum absolute atomic E-state index is 0.0206. The predicted molar refractivity (Wildman–Crippen MR) is 78.8 cm³/mol. The van der Waals surface area contributed by atoms with E-state index in [0.717, 1.165) is 32.4 Å². The Hall–Kier alpha value is -1.62. The van der Waals surface area contributed by atoms with Crippen molar-refractivity contribution in [3.05, 3.63) is 23.9 Å². The van der Waals surface area contributed by atoms with Gasteiger partial charge in [-0.25, -0.2) is 4.98 Å². The molecule has 1 amide bonds. The lowest BCUT2D eigenvalue weighted by molar-refractivity contribution is 0.0575. The van der Waals surface area contributed by atoms with Crippen LogP contribution in [0, 0.1) is 0 Å². The van der Waals surface area contributed by atoms with Gasteiger partial charge in [-0.15, -0.1) is 0 Å². The van der Waals surface area contributed by atoms with E-state index in [1.165, 1.54) is 0 Å². The van der Waals surface area contributed by atoms with Crippen molar-refractivity contribution in [2.75, 3.05) is 25.0 Å². The summed E-state index contributed by atoms with van der Waals surface area (Å²) in [6, 6.07) is 3.76. The summed E-state index contributed by atoms with van der Waals surface area (Å²) >= 11 is 0. The van der Waals surface area contributed by atoms with E-state index in [1.54, 1.807) is 12.3 Å². The van der Waals surface area contributed by atoms with Crippen LogP contribution in [0.1, 0.15) is 43.0 Å². The number of amides is 1. The summed E-state index contributed by atoms with van der Waals surface area (Å²) in [5.41, 5.74) is 0.624. The maximum atomic E-state index is 12.7. The zero-order valence-electron chi connectivity index (χ0n) is 12.0. The maximum Gasteiger partial charge on any atom is 0.257 e. The van der Waals surface area contributed by atoms with Crippen LogP contribution in [0.3, 0.4) is 0 Å². The van der Waals surface area contributed by atoms with Gasteiger partial charge in [-0.2, -0.15) is 0 Å². The van der Waals surface area contributed by atoms with Crippen LogP contribution in [-0.2, 0) is 0 Å². The van der Waals surface area contributed by atoms with E-state index >= 15 is 0 Å². The highest BCUT2D eigenvalue weighted by atomic mass is 16.3. The standard InChI is InChI=1S/C15H23N3O2/c1-2-16-14-13(7-5-9-17-14)15(20)18-10-4-3-6-12(18)8-11-19/h5,7,9,12,19H,2-4,6,8,10-11H2,1H3,(H,16,17). The molecule has 0 radical (unpaired) electrons. The average molecular weight is 277 g/mol. The Balaban J connectivity index is 2.20. The van der Waals surface area contributed by atoms with E-state index in [9.17, 15) is 4.79 Å². The Morgan fingerprint density at radius 2 is 2.40 bits per heavy atom. The van der Waals surface area contributed by atoms with Gasteiger partial charge in [0.2, 0.25) is 0 Å². The lowest BCUT2D eigenvalue weighted by Gasteiger charge is -2.35. The highest BCUT2D eigenvalue weighted by Gasteiger charge is 2.28.